The second-order valence-electron chi connectivity index (χ2n) is 4.08. The fourth-order valence-corrected chi connectivity index (χ4v) is 2.31. The van der Waals surface area contributed by atoms with Crippen molar-refractivity contribution in [2.75, 3.05) is 38.7 Å². The number of rotatable bonds is 6. The SMILES string of the molecule is COCCN(CCBr)C(=O)C1COC(C)C1. The summed E-state index contributed by atoms with van der Waals surface area (Å²) in [6.45, 7) is 4.55. The van der Waals surface area contributed by atoms with Gasteiger partial charge in [0.1, 0.15) is 0 Å². The van der Waals surface area contributed by atoms with E-state index in [0.717, 1.165) is 18.3 Å². The molecule has 16 heavy (non-hydrogen) atoms. The molecule has 94 valence electrons. The lowest BCUT2D eigenvalue weighted by Gasteiger charge is -2.24. The second kappa shape index (κ2) is 7.25. The van der Waals surface area contributed by atoms with E-state index in [1.54, 1.807) is 7.11 Å². The quantitative estimate of drug-likeness (QED) is 0.693. The minimum atomic E-state index is 0.0332. The summed E-state index contributed by atoms with van der Waals surface area (Å²) in [7, 11) is 1.65. The van der Waals surface area contributed by atoms with E-state index in [2.05, 4.69) is 15.9 Å². The van der Waals surface area contributed by atoms with Crippen molar-refractivity contribution in [1.82, 2.24) is 4.90 Å². The highest BCUT2D eigenvalue weighted by Crippen LogP contribution is 2.21. The van der Waals surface area contributed by atoms with Crippen molar-refractivity contribution in [3.8, 4) is 0 Å². The van der Waals surface area contributed by atoms with E-state index in [1.807, 2.05) is 11.8 Å². The van der Waals surface area contributed by atoms with Crippen molar-refractivity contribution in [3.05, 3.63) is 0 Å². The van der Waals surface area contributed by atoms with Gasteiger partial charge in [-0.2, -0.15) is 0 Å². The number of carbonyl (C=O) groups excluding carboxylic acids is 1. The van der Waals surface area contributed by atoms with Gasteiger partial charge in [0.15, 0.2) is 0 Å². The summed E-state index contributed by atoms with van der Waals surface area (Å²) in [4.78, 5) is 14.0. The van der Waals surface area contributed by atoms with Crippen LogP contribution in [-0.2, 0) is 14.3 Å². The van der Waals surface area contributed by atoms with Gasteiger partial charge in [0, 0.05) is 25.5 Å². The largest absolute Gasteiger partial charge is 0.383 e. The van der Waals surface area contributed by atoms with Crippen molar-refractivity contribution in [2.45, 2.75) is 19.4 Å². The summed E-state index contributed by atoms with van der Waals surface area (Å²) in [6, 6.07) is 0. The molecule has 2 atom stereocenters. The van der Waals surface area contributed by atoms with Crippen molar-refractivity contribution in [1.29, 1.82) is 0 Å². The normalized spacial score (nSPS) is 24.7. The molecule has 1 heterocycles. The van der Waals surface area contributed by atoms with E-state index in [9.17, 15) is 4.79 Å². The number of methoxy groups -OCH3 is 1. The van der Waals surface area contributed by atoms with Gasteiger partial charge in [0.05, 0.1) is 25.2 Å². The van der Waals surface area contributed by atoms with E-state index >= 15 is 0 Å². The molecule has 4 nitrogen and oxygen atoms in total. The molecule has 1 aliphatic rings. The number of alkyl halides is 1. The summed E-state index contributed by atoms with van der Waals surface area (Å²) >= 11 is 3.36. The Hall–Kier alpha value is -0.130. The molecular formula is C11H20BrNO3. The van der Waals surface area contributed by atoms with Gasteiger partial charge in [-0.15, -0.1) is 0 Å². The molecule has 1 rings (SSSR count). The average molecular weight is 294 g/mol. The van der Waals surface area contributed by atoms with Gasteiger partial charge >= 0.3 is 0 Å². The van der Waals surface area contributed by atoms with Gasteiger partial charge in [0.2, 0.25) is 5.91 Å². The van der Waals surface area contributed by atoms with Gasteiger partial charge in [0.25, 0.3) is 0 Å². The molecule has 0 aromatic rings. The molecule has 0 radical (unpaired) electrons. The fraction of sp³-hybridized carbons (Fsp3) is 0.909. The Morgan fingerprint density at radius 2 is 2.31 bits per heavy atom. The first-order chi connectivity index (χ1) is 7.69. The number of hydrogen-bond donors (Lipinski definition) is 0. The summed E-state index contributed by atoms with van der Waals surface area (Å²) < 4.78 is 10.4. The molecule has 0 bridgehead atoms. The van der Waals surface area contributed by atoms with Crippen LogP contribution in [0.2, 0.25) is 0 Å². The Bertz CT molecular complexity index is 225. The zero-order valence-corrected chi connectivity index (χ0v) is 11.5. The number of halogens is 1. The molecule has 5 heteroatoms. The average Bonchev–Trinajstić information content (AvgIpc) is 2.70. The summed E-state index contributed by atoms with van der Waals surface area (Å²) in [6.07, 6.45) is 1.05. The molecule has 0 spiro atoms. The first-order valence-electron chi connectivity index (χ1n) is 5.64. The summed E-state index contributed by atoms with van der Waals surface area (Å²) in [5.41, 5.74) is 0. The van der Waals surface area contributed by atoms with Gasteiger partial charge in [-0.3, -0.25) is 4.79 Å². The van der Waals surface area contributed by atoms with Crippen LogP contribution >= 0.6 is 15.9 Å². The lowest BCUT2D eigenvalue weighted by Crippen LogP contribution is -2.39. The Morgan fingerprint density at radius 1 is 1.56 bits per heavy atom. The molecule has 1 saturated heterocycles. The zero-order chi connectivity index (χ0) is 12.0. The Morgan fingerprint density at radius 3 is 2.81 bits per heavy atom. The minimum absolute atomic E-state index is 0.0332. The van der Waals surface area contributed by atoms with Crippen LogP contribution < -0.4 is 0 Å². The Balaban J connectivity index is 2.45. The molecule has 0 aromatic carbocycles. The molecule has 1 amide bonds. The minimum Gasteiger partial charge on any atom is -0.383 e. The molecule has 0 N–H and O–H groups in total. The van der Waals surface area contributed by atoms with E-state index < -0.39 is 0 Å². The molecule has 0 saturated carbocycles. The van der Waals surface area contributed by atoms with Crippen LogP contribution in [0.1, 0.15) is 13.3 Å². The zero-order valence-electron chi connectivity index (χ0n) is 9.95. The predicted molar refractivity (Wildman–Crippen MR) is 65.8 cm³/mol. The lowest BCUT2D eigenvalue weighted by molar-refractivity contribution is -0.135. The van der Waals surface area contributed by atoms with Crippen LogP contribution in [0, 0.1) is 5.92 Å². The van der Waals surface area contributed by atoms with E-state index in [0.29, 0.717) is 19.8 Å². The predicted octanol–water partition coefficient (Wildman–Crippen LogP) is 1.28. The van der Waals surface area contributed by atoms with E-state index in [1.165, 1.54) is 0 Å². The highest BCUT2D eigenvalue weighted by molar-refractivity contribution is 9.09. The first-order valence-corrected chi connectivity index (χ1v) is 6.76. The fourth-order valence-electron chi connectivity index (χ4n) is 1.88. The van der Waals surface area contributed by atoms with E-state index in [-0.39, 0.29) is 17.9 Å². The lowest BCUT2D eigenvalue weighted by atomic mass is 10.0. The standard InChI is InChI=1S/C11H20BrNO3/c1-9-7-10(8-16-9)11(14)13(4-3-12)5-6-15-2/h9-10H,3-8H2,1-2H3. The highest BCUT2D eigenvalue weighted by atomic mass is 79.9. The third kappa shape index (κ3) is 4.03. The number of hydrogen-bond acceptors (Lipinski definition) is 3. The molecule has 1 aliphatic heterocycles. The van der Waals surface area contributed by atoms with Crippen LogP contribution in [0.15, 0.2) is 0 Å². The first kappa shape index (κ1) is 13.9. The van der Waals surface area contributed by atoms with Crippen LogP contribution in [-0.4, -0.2) is 55.7 Å². The van der Waals surface area contributed by atoms with Gasteiger partial charge in [-0.05, 0) is 13.3 Å². The molecule has 2 unspecified atom stereocenters. The third-order valence-electron chi connectivity index (χ3n) is 2.78. The van der Waals surface area contributed by atoms with E-state index in [4.69, 9.17) is 9.47 Å². The van der Waals surface area contributed by atoms with Gasteiger partial charge < -0.3 is 14.4 Å². The third-order valence-corrected chi connectivity index (χ3v) is 3.13. The van der Waals surface area contributed by atoms with Gasteiger partial charge in [-0.25, -0.2) is 0 Å². The van der Waals surface area contributed by atoms with Crippen molar-refractivity contribution < 1.29 is 14.3 Å². The van der Waals surface area contributed by atoms with Crippen molar-refractivity contribution in [2.24, 2.45) is 5.92 Å². The maximum atomic E-state index is 12.2. The maximum absolute atomic E-state index is 12.2. The monoisotopic (exact) mass is 293 g/mol. The molecule has 1 fully saturated rings. The Labute approximate surface area is 105 Å². The van der Waals surface area contributed by atoms with Gasteiger partial charge in [-0.1, -0.05) is 15.9 Å². The van der Waals surface area contributed by atoms with Crippen LogP contribution in [0.25, 0.3) is 0 Å². The summed E-state index contributed by atoms with van der Waals surface area (Å²) in [5, 5.41) is 0.797. The maximum Gasteiger partial charge on any atom is 0.228 e. The highest BCUT2D eigenvalue weighted by Gasteiger charge is 2.31. The van der Waals surface area contributed by atoms with Crippen LogP contribution in [0.5, 0.6) is 0 Å². The number of carbonyl (C=O) groups is 1. The summed E-state index contributed by atoms with van der Waals surface area (Å²) in [5.74, 6) is 0.228. The van der Waals surface area contributed by atoms with Crippen molar-refractivity contribution in [3.63, 3.8) is 0 Å². The molecule has 0 aliphatic carbocycles. The van der Waals surface area contributed by atoms with Crippen LogP contribution in [0.4, 0.5) is 0 Å². The van der Waals surface area contributed by atoms with Crippen LogP contribution in [0.3, 0.4) is 0 Å². The van der Waals surface area contributed by atoms with Crippen molar-refractivity contribution >= 4 is 21.8 Å². The number of amides is 1. The smallest absolute Gasteiger partial charge is 0.228 e. The second-order valence-corrected chi connectivity index (χ2v) is 4.88. The number of ether oxygens (including phenoxy) is 2. The number of nitrogens with zero attached hydrogens (tertiary/aromatic N) is 1. The molecule has 0 aromatic heterocycles. The Kier molecular flexibility index (Phi) is 6.31. The molecular weight excluding hydrogens is 274 g/mol. The topological polar surface area (TPSA) is 38.8 Å².